The number of aliphatic carboxylic acids is 1. The lowest BCUT2D eigenvalue weighted by molar-refractivity contribution is -0.149. The highest BCUT2D eigenvalue weighted by Crippen LogP contribution is 2.31. The highest BCUT2D eigenvalue weighted by atomic mass is 16.5. The van der Waals surface area contributed by atoms with Gasteiger partial charge in [-0.15, -0.1) is 0 Å². The second kappa shape index (κ2) is 15.6. The van der Waals surface area contributed by atoms with Gasteiger partial charge >= 0.3 is 5.97 Å². The summed E-state index contributed by atoms with van der Waals surface area (Å²) in [4.78, 5) is 16.5. The molecule has 0 spiro atoms. The summed E-state index contributed by atoms with van der Waals surface area (Å²) in [6.07, 6.45) is 16.9. The number of pyridine rings is 1. The number of benzene rings is 1. The van der Waals surface area contributed by atoms with Crippen LogP contribution in [0, 0.1) is 11.3 Å². The van der Waals surface area contributed by atoms with E-state index in [0.29, 0.717) is 32.4 Å². The van der Waals surface area contributed by atoms with E-state index in [0.717, 1.165) is 41.6 Å². The van der Waals surface area contributed by atoms with Gasteiger partial charge in [0.2, 0.25) is 0 Å². The first-order valence-corrected chi connectivity index (χ1v) is 14.3. The normalized spacial score (nSPS) is 14.8. The van der Waals surface area contributed by atoms with E-state index in [2.05, 4.69) is 23.5 Å². The fraction of sp³-hybridized carbons (Fsp3) is 0.562. The summed E-state index contributed by atoms with van der Waals surface area (Å²) in [6, 6.07) is 14.2. The summed E-state index contributed by atoms with van der Waals surface area (Å²) in [7, 11) is 0. The van der Waals surface area contributed by atoms with Gasteiger partial charge in [-0.2, -0.15) is 0 Å². The molecule has 2 aromatic rings. The molecule has 0 unspecified atom stereocenters. The third-order valence-corrected chi connectivity index (χ3v) is 8.03. The van der Waals surface area contributed by atoms with Crippen molar-refractivity contribution in [3.63, 3.8) is 0 Å². The van der Waals surface area contributed by atoms with Crippen LogP contribution in [0.1, 0.15) is 101 Å². The van der Waals surface area contributed by atoms with Crippen molar-refractivity contribution < 1.29 is 14.6 Å². The highest BCUT2D eigenvalue weighted by molar-refractivity contribution is 5.74. The van der Waals surface area contributed by atoms with Crippen molar-refractivity contribution in [2.24, 2.45) is 11.3 Å². The molecule has 0 atom stereocenters. The van der Waals surface area contributed by atoms with Crippen LogP contribution in [0.15, 0.2) is 42.5 Å². The zero-order chi connectivity index (χ0) is 26.3. The van der Waals surface area contributed by atoms with Gasteiger partial charge in [0.15, 0.2) is 0 Å². The molecule has 1 aliphatic rings. The van der Waals surface area contributed by atoms with E-state index in [1.165, 1.54) is 44.9 Å². The molecule has 1 aromatic heterocycles. The Morgan fingerprint density at radius 1 is 1.08 bits per heavy atom. The Morgan fingerprint density at radius 3 is 2.62 bits per heavy atom. The molecule has 0 bridgehead atoms. The number of rotatable bonds is 16. The molecular formula is C32H46N2O3. The minimum atomic E-state index is -0.703. The molecule has 0 radical (unpaired) electrons. The molecule has 1 aromatic carbocycles. The molecule has 5 heteroatoms. The average Bonchev–Trinajstić information content (AvgIpc) is 2.93. The molecular weight excluding hydrogens is 460 g/mol. The maximum atomic E-state index is 11.7. The predicted octanol–water partition coefficient (Wildman–Crippen LogP) is 8.21. The Morgan fingerprint density at radius 2 is 1.86 bits per heavy atom. The molecule has 1 saturated carbocycles. The van der Waals surface area contributed by atoms with E-state index < -0.39 is 11.4 Å². The topological polar surface area (TPSA) is 71.5 Å². The number of carboxylic acid groups (broad SMARTS) is 1. The zero-order valence-corrected chi connectivity index (χ0v) is 22.9. The first-order chi connectivity index (χ1) is 18.0. The molecule has 1 aliphatic carbocycles. The number of anilines is 1. The lowest BCUT2D eigenvalue weighted by atomic mass is 9.79. The smallest absolute Gasteiger partial charge is 0.309 e. The van der Waals surface area contributed by atoms with Crippen molar-refractivity contribution in [1.82, 2.24) is 4.98 Å². The molecule has 1 fully saturated rings. The quantitative estimate of drug-likeness (QED) is 0.224. The minimum absolute atomic E-state index is 0.553. The third-order valence-electron chi connectivity index (χ3n) is 8.03. The van der Waals surface area contributed by atoms with Crippen LogP contribution in [0.25, 0.3) is 12.2 Å². The number of carboxylic acids is 1. The second-order valence-corrected chi connectivity index (χ2v) is 10.5. The summed E-state index contributed by atoms with van der Waals surface area (Å²) >= 11 is 0. The molecule has 2 N–H and O–H groups in total. The van der Waals surface area contributed by atoms with E-state index in [-0.39, 0.29) is 0 Å². The van der Waals surface area contributed by atoms with Gasteiger partial charge in [0.05, 0.1) is 23.4 Å². The van der Waals surface area contributed by atoms with Crippen LogP contribution in [0.2, 0.25) is 0 Å². The van der Waals surface area contributed by atoms with Gasteiger partial charge in [-0.3, -0.25) is 9.78 Å². The number of ether oxygens (including phenoxy) is 1. The van der Waals surface area contributed by atoms with E-state index in [9.17, 15) is 9.90 Å². The zero-order valence-electron chi connectivity index (χ0n) is 22.9. The largest absolute Gasteiger partial charge is 0.481 e. The maximum Gasteiger partial charge on any atom is 0.309 e. The summed E-state index contributed by atoms with van der Waals surface area (Å²) in [6.45, 7) is 5.90. The van der Waals surface area contributed by atoms with Crippen LogP contribution < -0.4 is 5.32 Å². The number of aromatic nitrogens is 1. The van der Waals surface area contributed by atoms with Gasteiger partial charge in [-0.25, -0.2) is 0 Å². The van der Waals surface area contributed by atoms with Crippen LogP contribution in [0.4, 0.5) is 5.69 Å². The number of nitrogens with one attached hydrogen (secondary N) is 1. The van der Waals surface area contributed by atoms with E-state index in [1.807, 2.05) is 50.3 Å². The third kappa shape index (κ3) is 9.62. The Bertz CT molecular complexity index is 978. The fourth-order valence-corrected chi connectivity index (χ4v) is 5.35. The second-order valence-electron chi connectivity index (χ2n) is 10.5. The van der Waals surface area contributed by atoms with E-state index >= 15 is 0 Å². The molecule has 202 valence electrons. The Kier molecular flexibility index (Phi) is 12.2. The van der Waals surface area contributed by atoms with Crippen molar-refractivity contribution in [2.45, 2.75) is 91.1 Å². The van der Waals surface area contributed by atoms with Gasteiger partial charge in [0.25, 0.3) is 0 Å². The summed E-state index contributed by atoms with van der Waals surface area (Å²) in [5.41, 5.74) is 3.28. The van der Waals surface area contributed by atoms with Crippen LogP contribution in [0.3, 0.4) is 0 Å². The number of hydrogen-bond donors (Lipinski definition) is 2. The molecule has 37 heavy (non-hydrogen) atoms. The van der Waals surface area contributed by atoms with Crippen molar-refractivity contribution >= 4 is 23.8 Å². The standard InChI is InChI=1S/C32H46N2O3/c1-3-32(4-2,31(35)36)21-22-33-29-17-10-15-27(24-29)19-20-28-16-11-18-30(34-28)25-37-23-9-8-14-26-12-6-5-7-13-26/h10-11,15-20,24,26,33H,3-9,12-14,21-23,25H2,1-2H3,(H,35,36). The molecule has 0 aliphatic heterocycles. The van der Waals surface area contributed by atoms with Crippen molar-refractivity contribution in [1.29, 1.82) is 0 Å². The molecule has 0 saturated heterocycles. The van der Waals surface area contributed by atoms with Gasteiger partial charge < -0.3 is 15.2 Å². The van der Waals surface area contributed by atoms with Crippen molar-refractivity contribution in [3.05, 3.63) is 59.4 Å². The monoisotopic (exact) mass is 506 g/mol. The van der Waals surface area contributed by atoms with Gasteiger partial charge in [0.1, 0.15) is 0 Å². The predicted molar refractivity (Wildman–Crippen MR) is 153 cm³/mol. The molecule has 3 rings (SSSR count). The van der Waals surface area contributed by atoms with Crippen LogP contribution in [-0.2, 0) is 16.1 Å². The summed E-state index contributed by atoms with van der Waals surface area (Å²) in [5, 5.41) is 13.0. The average molecular weight is 507 g/mol. The first-order valence-electron chi connectivity index (χ1n) is 14.3. The van der Waals surface area contributed by atoms with Crippen molar-refractivity contribution in [2.75, 3.05) is 18.5 Å². The van der Waals surface area contributed by atoms with Crippen LogP contribution >= 0.6 is 0 Å². The fourth-order valence-electron chi connectivity index (χ4n) is 5.35. The summed E-state index contributed by atoms with van der Waals surface area (Å²) in [5.74, 6) is 0.250. The Labute approximate surface area is 223 Å². The minimum Gasteiger partial charge on any atom is -0.481 e. The SMILES string of the molecule is CCC(CC)(CCNc1cccc(C=Cc2cccc(COCCCCC3CCCCC3)n2)c1)C(=O)O. The van der Waals surface area contributed by atoms with E-state index in [1.54, 1.807) is 0 Å². The van der Waals surface area contributed by atoms with Crippen molar-refractivity contribution in [3.8, 4) is 0 Å². The number of hydrogen-bond acceptors (Lipinski definition) is 4. The van der Waals surface area contributed by atoms with Crippen LogP contribution in [-0.4, -0.2) is 29.2 Å². The summed E-state index contributed by atoms with van der Waals surface area (Å²) < 4.78 is 5.90. The lowest BCUT2D eigenvalue weighted by Crippen LogP contribution is -2.31. The first kappa shape index (κ1) is 28.9. The van der Waals surface area contributed by atoms with Gasteiger partial charge in [-0.05, 0) is 67.5 Å². The molecule has 5 nitrogen and oxygen atoms in total. The van der Waals surface area contributed by atoms with Gasteiger partial charge in [0, 0.05) is 18.8 Å². The van der Waals surface area contributed by atoms with Crippen LogP contribution in [0.5, 0.6) is 0 Å². The number of nitrogens with zero attached hydrogens (tertiary/aromatic N) is 1. The van der Waals surface area contributed by atoms with E-state index in [4.69, 9.17) is 9.72 Å². The highest BCUT2D eigenvalue weighted by Gasteiger charge is 2.34. The number of unbranched alkanes of at least 4 members (excludes halogenated alkanes) is 1. The number of carbonyl (C=O) groups is 1. The Balaban J connectivity index is 1.42. The lowest BCUT2D eigenvalue weighted by Gasteiger charge is -2.26. The molecule has 0 amide bonds. The maximum absolute atomic E-state index is 11.7. The Hall–Kier alpha value is -2.66. The van der Waals surface area contributed by atoms with Gasteiger partial charge in [-0.1, -0.05) is 83.1 Å². The molecule has 1 heterocycles.